The molecule has 0 bridgehead atoms. The number of amides is 1. The first-order valence-electron chi connectivity index (χ1n) is 8.21. The van der Waals surface area contributed by atoms with Crippen molar-refractivity contribution in [3.05, 3.63) is 23.8 Å². The highest BCUT2D eigenvalue weighted by molar-refractivity contribution is 5.97. The van der Waals surface area contributed by atoms with Gasteiger partial charge in [0.1, 0.15) is 11.4 Å². The van der Waals surface area contributed by atoms with E-state index >= 15 is 0 Å². The molecule has 22 heavy (non-hydrogen) atoms. The van der Waals surface area contributed by atoms with E-state index in [9.17, 15) is 4.79 Å². The Kier molecular flexibility index (Phi) is 5.83. The van der Waals surface area contributed by atoms with E-state index in [1.165, 1.54) is 12.8 Å². The van der Waals surface area contributed by atoms with Crippen molar-refractivity contribution in [2.24, 2.45) is 0 Å². The number of benzene rings is 1. The summed E-state index contributed by atoms with van der Waals surface area (Å²) in [5.41, 5.74) is 1.14. The number of carbonyl (C=O) groups excluding carboxylic acids is 1. The number of carbonyl (C=O) groups is 1. The summed E-state index contributed by atoms with van der Waals surface area (Å²) in [7, 11) is 1.65. The Morgan fingerprint density at radius 2 is 1.91 bits per heavy atom. The van der Waals surface area contributed by atoms with Gasteiger partial charge in [0.15, 0.2) is 0 Å². The fourth-order valence-electron chi connectivity index (χ4n) is 3.11. The van der Waals surface area contributed by atoms with E-state index in [0.717, 1.165) is 42.7 Å². The van der Waals surface area contributed by atoms with Gasteiger partial charge in [-0.3, -0.25) is 4.79 Å². The number of aryl methyl sites for hydroxylation is 1. The topological polar surface area (TPSA) is 47.6 Å². The highest BCUT2D eigenvalue weighted by Crippen LogP contribution is 2.32. The first-order chi connectivity index (χ1) is 10.6. The van der Waals surface area contributed by atoms with Gasteiger partial charge in [0.2, 0.25) is 0 Å². The lowest BCUT2D eigenvalue weighted by Crippen LogP contribution is -2.44. The third kappa shape index (κ3) is 3.80. The van der Waals surface area contributed by atoms with Crippen LogP contribution in [-0.4, -0.2) is 25.2 Å². The molecule has 1 amide bonds. The molecule has 1 saturated carbocycles. The average molecular weight is 305 g/mol. The molecule has 0 heterocycles. The SMILES string of the molecule is CCOc1ccc(NC(=O)C2(OC)CCCCCC2)cc1C. The van der Waals surface area contributed by atoms with E-state index in [4.69, 9.17) is 9.47 Å². The van der Waals surface area contributed by atoms with Crippen LogP contribution in [0.15, 0.2) is 18.2 Å². The summed E-state index contributed by atoms with van der Waals surface area (Å²) in [4.78, 5) is 12.7. The molecule has 1 aromatic carbocycles. The first kappa shape index (κ1) is 16.8. The Bertz CT molecular complexity index is 505. The molecule has 1 aliphatic carbocycles. The van der Waals surface area contributed by atoms with Gasteiger partial charge in [-0.25, -0.2) is 0 Å². The van der Waals surface area contributed by atoms with Crippen molar-refractivity contribution in [2.75, 3.05) is 19.0 Å². The summed E-state index contributed by atoms with van der Waals surface area (Å²) in [6.45, 7) is 4.58. The Morgan fingerprint density at radius 1 is 1.23 bits per heavy atom. The van der Waals surface area contributed by atoms with Gasteiger partial charge in [-0.2, -0.15) is 0 Å². The van der Waals surface area contributed by atoms with Crippen LogP contribution in [0.3, 0.4) is 0 Å². The van der Waals surface area contributed by atoms with Crippen LogP contribution in [0.2, 0.25) is 0 Å². The monoisotopic (exact) mass is 305 g/mol. The highest BCUT2D eigenvalue weighted by atomic mass is 16.5. The van der Waals surface area contributed by atoms with Crippen LogP contribution in [0, 0.1) is 6.92 Å². The van der Waals surface area contributed by atoms with Gasteiger partial charge in [0.05, 0.1) is 6.61 Å². The van der Waals surface area contributed by atoms with Crippen molar-refractivity contribution in [2.45, 2.75) is 58.0 Å². The van der Waals surface area contributed by atoms with E-state index in [2.05, 4.69) is 5.32 Å². The lowest BCUT2D eigenvalue weighted by Gasteiger charge is -2.30. The second-order valence-corrected chi connectivity index (χ2v) is 5.98. The average Bonchev–Trinajstić information content (AvgIpc) is 2.76. The summed E-state index contributed by atoms with van der Waals surface area (Å²) >= 11 is 0. The predicted molar refractivity (Wildman–Crippen MR) is 88.4 cm³/mol. The Labute approximate surface area is 133 Å². The summed E-state index contributed by atoms with van der Waals surface area (Å²) in [6.07, 6.45) is 6.05. The number of ether oxygens (including phenoxy) is 2. The van der Waals surface area contributed by atoms with Crippen LogP contribution in [0.4, 0.5) is 5.69 Å². The lowest BCUT2D eigenvalue weighted by atomic mass is 9.93. The summed E-state index contributed by atoms with van der Waals surface area (Å²) in [6, 6.07) is 5.74. The number of hydrogen-bond donors (Lipinski definition) is 1. The maximum absolute atomic E-state index is 12.7. The minimum atomic E-state index is -0.678. The molecular weight excluding hydrogens is 278 g/mol. The molecule has 0 aromatic heterocycles. The summed E-state index contributed by atoms with van der Waals surface area (Å²) in [5.74, 6) is 0.830. The van der Waals surface area contributed by atoms with Gasteiger partial charge in [0.25, 0.3) is 5.91 Å². The molecule has 122 valence electrons. The number of methoxy groups -OCH3 is 1. The summed E-state index contributed by atoms with van der Waals surface area (Å²) < 4.78 is 11.2. The van der Waals surface area contributed by atoms with Crippen molar-refractivity contribution < 1.29 is 14.3 Å². The minimum Gasteiger partial charge on any atom is -0.494 e. The van der Waals surface area contributed by atoms with Crippen molar-refractivity contribution in [1.29, 1.82) is 0 Å². The third-order valence-corrected chi connectivity index (χ3v) is 4.45. The van der Waals surface area contributed by atoms with Crippen molar-refractivity contribution in [3.63, 3.8) is 0 Å². The van der Waals surface area contributed by atoms with E-state index in [0.29, 0.717) is 6.61 Å². The third-order valence-electron chi connectivity index (χ3n) is 4.45. The summed E-state index contributed by atoms with van der Waals surface area (Å²) in [5, 5.41) is 3.02. The maximum Gasteiger partial charge on any atom is 0.256 e. The van der Waals surface area contributed by atoms with E-state index in [1.807, 2.05) is 32.0 Å². The number of hydrogen-bond acceptors (Lipinski definition) is 3. The quantitative estimate of drug-likeness (QED) is 0.834. The van der Waals surface area contributed by atoms with Gasteiger partial charge < -0.3 is 14.8 Å². The molecule has 1 N–H and O–H groups in total. The van der Waals surface area contributed by atoms with Crippen molar-refractivity contribution in [3.8, 4) is 5.75 Å². The zero-order valence-corrected chi connectivity index (χ0v) is 13.9. The van der Waals surface area contributed by atoms with E-state index in [1.54, 1.807) is 7.11 Å². The van der Waals surface area contributed by atoms with Crippen molar-refractivity contribution >= 4 is 11.6 Å². The zero-order chi connectivity index (χ0) is 16.0. The molecular formula is C18H27NO3. The number of anilines is 1. The molecule has 0 saturated heterocycles. The van der Waals surface area contributed by atoms with Crippen LogP contribution < -0.4 is 10.1 Å². The van der Waals surface area contributed by atoms with Gasteiger partial charge in [-0.05, 0) is 50.5 Å². The minimum absolute atomic E-state index is 0.0274. The van der Waals surface area contributed by atoms with Crippen LogP contribution in [-0.2, 0) is 9.53 Å². The van der Waals surface area contributed by atoms with Crippen LogP contribution in [0.1, 0.15) is 51.0 Å². The van der Waals surface area contributed by atoms with E-state index < -0.39 is 5.60 Å². The standard InChI is InChI=1S/C18H27NO3/c1-4-22-16-10-9-15(13-14(16)2)19-17(20)18(21-3)11-7-5-6-8-12-18/h9-10,13H,4-8,11-12H2,1-3H3,(H,19,20). The molecule has 1 aromatic rings. The van der Waals surface area contributed by atoms with Crippen LogP contribution in [0.25, 0.3) is 0 Å². The van der Waals surface area contributed by atoms with Crippen molar-refractivity contribution in [1.82, 2.24) is 0 Å². The first-order valence-corrected chi connectivity index (χ1v) is 8.21. The number of nitrogens with one attached hydrogen (secondary N) is 1. The Hall–Kier alpha value is -1.55. The number of rotatable bonds is 5. The predicted octanol–water partition coefficient (Wildman–Crippen LogP) is 4.07. The maximum atomic E-state index is 12.7. The van der Waals surface area contributed by atoms with Gasteiger partial charge >= 0.3 is 0 Å². The second kappa shape index (κ2) is 7.63. The molecule has 4 nitrogen and oxygen atoms in total. The zero-order valence-electron chi connectivity index (χ0n) is 13.9. The van der Waals surface area contributed by atoms with Gasteiger partial charge in [-0.1, -0.05) is 25.7 Å². The molecule has 0 radical (unpaired) electrons. The lowest BCUT2D eigenvalue weighted by molar-refractivity contribution is -0.139. The second-order valence-electron chi connectivity index (χ2n) is 5.98. The molecule has 2 rings (SSSR count). The molecule has 0 spiro atoms. The van der Waals surface area contributed by atoms with Crippen LogP contribution in [0.5, 0.6) is 5.75 Å². The van der Waals surface area contributed by atoms with Crippen LogP contribution >= 0.6 is 0 Å². The molecule has 0 atom stereocenters. The molecule has 1 aliphatic rings. The van der Waals surface area contributed by atoms with E-state index in [-0.39, 0.29) is 5.91 Å². The fraction of sp³-hybridized carbons (Fsp3) is 0.611. The Morgan fingerprint density at radius 3 is 2.45 bits per heavy atom. The molecule has 1 fully saturated rings. The highest BCUT2D eigenvalue weighted by Gasteiger charge is 2.38. The largest absolute Gasteiger partial charge is 0.494 e. The fourth-order valence-corrected chi connectivity index (χ4v) is 3.11. The normalized spacial score (nSPS) is 17.6. The molecule has 0 unspecified atom stereocenters. The molecule has 4 heteroatoms. The van der Waals surface area contributed by atoms with Gasteiger partial charge in [0, 0.05) is 12.8 Å². The molecule has 0 aliphatic heterocycles. The Balaban J connectivity index is 2.11. The smallest absolute Gasteiger partial charge is 0.256 e. The van der Waals surface area contributed by atoms with Gasteiger partial charge in [-0.15, -0.1) is 0 Å².